The number of hydrogen-bond donors (Lipinski definition) is 0. The van der Waals surface area contributed by atoms with Crippen LogP contribution in [0.3, 0.4) is 0 Å². The molecule has 82 valence electrons. The molecule has 0 aliphatic heterocycles. The number of nitrogens with zero attached hydrogens (tertiary/aromatic N) is 2. The molecule has 1 heterocycles. The zero-order chi connectivity index (χ0) is 11.4. The van der Waals surface area contributed by atoms with Gasteiger partial charge in [-0.3, -0.25) is 4.79 Å². The van der Waals surface area contributed by atoms with Crippen LogP contribution in [-0.2, 0) is 0 Å². The normalized spacial score (nSPS) is 10.3. The van der Waals surface area contributed by atoms with Gasteiger partial charge in [0.2, 0.25) is 0 Å². The Kier molecular flexibility index (Phi) is 3.69. The van der Waals surface area contributed by atoms with E-state index in [-0.39, 0.29) is 5.78 Å². The fourth-order valence-electron chi connectivity index (χ4n) is 1.22. The van der Waals surface area contributed by atoms with Gasteiger partial charge < -0.3 is 0 Å². The van der Waals surface area contributed by atoms with E-state index in [0.29, 0.717) is 6.42 Å². The molecule has 1 aromatic carbocycles. The van der Waals surface area contributed by atoms with Crippen LogP contribution < -0.4 is 0 Å². The summed E-state index contributed by atoms with van der Waals surface area (Å²) in [5.74, 6) is 0.174. The summed E-state index contributed by atoms with van der Waals surface area (Å²) in [5.41, 5.74) is 2.47. The molecule has 0 atom stereocenters. The highest BCUT2D eigenvalue weighted by molar-refractivity contribution is 8.01. The Balaban J connectivity index is 2.10. The standard InChI is InChI=1S/C11H10N2OS2/c1-2-10(14)8-3-5-9(6-4-8)16-11-13-12-7-15-11/h3-7H,2H2,1H3. The molecule has 0 aliphatic rings. The van der Waals surface area contributed by atoms with E-state index in [1.807, 2.05) is 31.2 Å². The van der Waals surface area contributed by atoms with Crippen molar-refractivity contribution in [1.29, 1.82) is 0 Å². The monoisotopic (exact) mass is 250 g/mol. The van der Waals surface area contributed by atoms with E-state index < -0.39 is 0 Å². The molecule has 0 saturated carbocycles. The molecule has 0 aliphatic carbocycles. The minimum atomic E-state index is 0.174. The number of hydrogen-bond acceptors (Lipinski definition) is 5. The first-order valence-corrected chi connectivity index (χ1v) is 6.56. The molecule has 1 aromatic heterocycles. The fourth-order valence-corrected chi connectivity index (χ4v) is 2.67. The van der Waals surface area contributed by atoms with Crippen molar-refractivity contribution in [2.45, 2.75) is 22.6 Å². The summed E-state index contributed by atoms with van der Waals surface area (Å²) in [6.07, 6.45) is 0.545. The zero-order valence-electron chi connectivity index (χ0n) is 8.71. The number of Topliss-reactive ketones (excluding diaryl/α,β-unsaturated/α-hetero) is 1. The average Bonchev–Trinajstić information content (AvgIpc) is 2.82. The number of carbonyl (C=O) groups is 1. The zero-order valence-corrected chi connectivity index (χ0v) is 10.3. The maximum atomic E-state index is 11.4. The van der Waals surface area contributed by atoms with Gasteiger partial charge in [-0.15, -0.1) is 10.2 Å². The van der Waals surface area contributed by atoms with Gasteiger partial charge >= 0.3 is 0 Å². The molecule has 0 amide bonds. The molecule has 5 heteroatoms. The SMILES string of the molecule is CCC(=O)c1ccc(Sc2nncs2)cc1. The third kappa shape index (κ3) is 2.68. The lowest BCUT2D eigenvalue weighted by Gasteiger charge is -2.00. The Bertz CT molecular complexity index is 465. The summed E-state index contributed by atoms with van der Waals surface area (Å²) < 4.78 is 0.912. The summed E-state index contributed by atoms with van der Waals surface area (Å²) in [5, 5.41) is 7.72. The molecule has 16 heavy (non-hydrogen) atoms. The molecule has 0 unspecified atom stereocenters. The van der Waals surface area contributed by atoms with E-state index in [2.05, 4.69) is 10.2 Å². The van der Waals surface area contributed by atoms with E-state index in [9.17, 15) is 4.79 Å². The van der Waals surface area contributed by atoms with Gasteiger partial charge in [0, 0.05) is 16.9 Å². The first-order chi connectivity index (χ1) is 7.79. The Labute approximate surface area is 102 Å². The second-order valence-corrected chi connectivity index (χ2v) is 5.26. The van der Waals surface area contributed by atoms with E-state index in [0.717, 1.165) is 14.8 Å². The smallest absolute Gasteiger partial charge is 0.178 e. The maximum absolute atomic E-state index is 11.4. The number of rotatable bonds is 4. The van der Waals surface area contributed by atoms with E-state index in [4.69, 9.17) is 0 Å². The molecule has 2 aromatic rings. The highest BCUT2D eigenvalue weighted by Crippen LogP contribution is 2.28. The third-order valence-electron chi connectivity index (χ3n) is 2.04. The Morgan fingerprint density at radius 3 is 2.69 bits per heavy atom. The van der Waals surface area contributed by atoms with Crippen molar-refractivity contribution >= 4 is 28.9 Å². The highest BCUT2D eigenvalue weighted by Gasteiger charge is 2.04. The first kappa shape index (κ1) is 11.3. The number of carbonyl (C=O) groups excluding carboxylic acids is 1. The summed E-state index contributed by atoms with van der Waals surface area (Å²) in [6.45, 7) is 1.87. The lowest BCUT2D eigenvalue weighted by atomic mass is 10.1. The van der Waals surface area contributed by atoms with Crippen LogP contribution >= 0.6 is 23.1 Å². The molecule has 0 fully saturated rings. The van der Waals surface area contributed by atoms with Crippen LogP contribution in [0.4, 0.5) is 0 Å². The quantitative estimate of drug-likeness (QED) is 0.781. The lowest BCUT2D eigenvalue weighted by Crippen LogP contribution is -1.95. The maximum Gasteiger partial charge on any atom is 0.178 e. The molecule has 2 rings (SSSR count). The predicted molar refractivity (Wildman–Crippen MR) is 65.1 cm³/mol. The van der Waals surface area contributed by atoms with Crippen LogP contribution in [0, 0.1) is 0 Å². The number of aromatic nitrogens is 2. The summed E-state index contributed by atoms with van der Waals surface area (Å²) in [4.78, 5) is 12.5. The topological polar surface area (TPSA) is 42.9 Å². The molecule has 0 bridgehead atoms. The predicted octanol–water partition coefficient (Wildman–Crippen LogP) is 3.28. The minimum absolute atomic E-state index is 0.174. The van der Waals surface area contributed by atoms with Crippen molar-refractivity contribution in [2.75, 3.05) is 0 Å². The molecular weight excluding hydrogens is 240 g/mol. The summed E-state index contributed by atoms with van der Waals surface area (Å²) >= 11 is 3.06. The second-order valence-electron chi connectivity index (χ2n) is 3.11. The van der Waals surface area contributed by atoms with E-state index >= 15 is 0 Å². The second kappa shape index (κ2) is 5.23. The molecule has 0 N–H and O–H groups in total. The van der Waals surface area contributed by atoms with E-state index in [1.54, 1.807) is 17.3 Å². The molecule has 0 spiro atoms. The van der Waals surface area contributed by atoms with Crippen molar-refractivity contribution in [3.05, 3.63) is 35.3 Å². The first-order valence-electron chi connectivity index (χ1n) is 4.87. The molecular formula is C11H10N2OS2. The van der Waals surface area contributed by atoms with Crippen LogP contribution in [0.5, 0.6) is 0 Å². The summed E-state index contributed by atoms with van der Waals surface area (Å²) in [6, 6.07) is 7.59. The molecule has 0 radical (unpaired) electrons. The Morgan fingerprint density at radius 2 is 2.12 bits per heavy atom. The lowest BCUT2D eigenvalue weighted by molar-refractivity contribution is 0.0988. The van der Waals surface area contributed by atoms with Gasteiger partial charge in [-0.1, -0.05) is 42.2 Å². The van der Waals surface area contributed by atoms with Crippen LogP contribution in [0.15, 0.2) is 39.0 Å². The van der Waals surface area contributed by atoms with Crippen molar-refractivity contribution in [1.82, 2.24) is 10.2 Å². The van der Waals surface area contributed by atoms with Crippen LogP contribution in [0.1, 0.15) is 23.7 Å². The van der Waals surface area contributed by atoms with Crippen LogP contribution in [0.2, 0.25) is 0 Å². The van der Waals surface area contributed by atoms with Crippen molar-refractivity contribution in [2.24, 2.45) is 0 Å². The van der Waals surface area contributed by atoms with Gasteiger partial charge in [-0.25, -0.2) is 0 Å². The van der Waals surface area contributed by atoms with Crippen LogP contribution in [0.25, 0.3) is 0 Å². The van der Waals surface area contributed by atoms with Gasteiger partial charge in [0.15, 0.2) is 10.1 Å². The van der Waals surface area contributed by atoms with Gasteiger partial charge in [-0.2, -0.15) is 0 Å². The van der Waals surface area contributed by atoms with Gasteiger partial charge in [-0.05, 0) is 12.1 Å². The van der Waals surface area contributed by atoms with Crippen LogP contribution in [-0.4, -0.2) is 16.0 Å². The Hall–Kier alpha value is -1.20. The average molecular weight is 250 g/mol. The summed E-state index contributed by atoms with van der Waals surface area (Å²) in [7, 11) is 0. The third-order valence-corrected chi connectivity index (χ3v) is 3.83. The number of ketones is 1. The fraction of sp³-hybridized carbons (Fsp3) is 0.182. The molecule has 3 nitrogen and oxygen atoms in total. The van der Waals surface area contributed by atoms with Crippen molar-refractivity contribution < 1.29 is 4.79 Å². The van der Waals surface area contributed by atoms with E-state index in [1.165, 1.54) is 11.3 Å². The van der Waals surface area contributed by atoms with Gasteiger partial charge in [0.1, 0.15) is 5.51 Å². The van der Waals surface area contributed by atoms with Gasteiger partial charge in [0.25, 0.3) is 0 Å². The van der Waals surface area contributed by atoms with Gasteiger partial charge in [0.05, 0.1) is 0 Å². The largest absolute Gasteiger partial charge is 0.294 e. The number of benzene rings is 1. The highest BCUT2D eigenvalue weighted by atomic mass is 32.2. The Morgan fingerprint density at radius 1 is 1.38 bits per heavy atom. The van der Waals surface area contributed by atoms with Crippen molar-refractivity contribution in [3.63, 3.8) is 0 Å². The minimum Gasteiger partial charge on any atom is -0.294 e. The van der Waals surface area contributed by atoms with Crippen molar-refractivity contribution in [3.8, 4) is 0 Å². The molecule has 0 saturated heterocycles.